The van der Waals surface area contributed by atoms with Crippen LogP contribution in [0.2, 0.25) is 0 Å². The van der Waals surface area contributed by atoms with Crippen LogP contribution in [0.15, 0.2) is 0 Å². The fraction of sp³-hybridized carbons (Fsp3) is 0.538. The highest BCUT2D eigenvalue weighted by atomic mass is 32.1. The molecule has 0 spiro atoms. The maximum absolute atomic E-state index is 11.4. The number of anilines is 1. The third-order valence-electron chi connectivity index (χ3n) is 3.00. The van der Waals surface area contributed by atoms with Gasteiger partial charge in [0.2, 0.25) is 0 Å². The molecule has 0 bridgehead atoms. The Hall–Kier alpha value is -1.76. The molecule has 1 rings (SSSR count). The van der Waals surface area contributed by atoms with Crippen LogP contribution in [0.4, 0.5) is 5.82 Å². The smallest absolute Gasteiger partial charge is 0.307 e. The van der Waals surface area contributed by atoms with Gasteiger partial charge in [0, 0.05) is 13.6 Å². The van der Waals surface area contributed by atoms with Crippen molar-refractivity contribution in [3.63, 3.8) is 0 Å². The second-order valence-corrected chi connectivity index (χ2v) is 4.89. The molecule has 0 aromatic carbocycles. The number of hydrogen-bond donors (Lipinski definition) is 1. The molecule has 110 valence electrons. The van der Waals surface area contributed by atoms with E-state index >= 15 is 0 Å². The summed E-state index contributed by atoms with van der Waals surface area (Å²) < 4.78 is 4.90. The first-order valence-electron chi connectivity index (χ1n) is 6.38. The number of aryl methyl sites for hydroxylation is 1. The lowest BCUT2D eigenvalue weighted by atomic mass is 10.1. The van der Waals surface area contributed by atoms with Crippen LogP contribution in [-0.2, 0) is 9.53 Å². The Kier molecular flexibility index (Phi) is 5.82. The van der Waals surface area contributed by atoms with Crippen LogP contribution >= 0.6 is 12.2 Å². The van der Waals surface area contributed by atoms with E-state index in [0.29, 0.717) is 24.5 Å². The zero-order chi connectivity index (χ0) is 15.3. The van der Waals surface area contributed by atoms with Crippen molar-refractivity contribution >= 4 is 29.0 Å². The summed E-state index contributed by atoms with van der Waals surface area (Å²) in [5.74, 6) is 0.345. The number of esters is 1. The molecule has 1 aromatic heterocycles. The van der Waals surface area contributed by atoms with Crippen molar-refractivity contribution in [2.24, 2.45) is 5.73 Å². The lowest BCUT2D eigenvalue weighted by Crippen LogP contribution is -2.27. The Morgan fingerprint density at radius 1 is 1.40 bits per heavy atom. The minimum atomic E-state index is -0.243. The van der Waals surface area contributed by atoms with E-state index in [1.807, 2.05) is 25.8 Å². The summed E-state index contributed by atoms with van der Waals surface area (Å²) in [5, 5.41) is 8.22. The molecule has 0 saturated carbocycles. The predicted octanol–water partition coefficient (Wildman–Crippen LogP) is 1.12. The fourth-order valence-corrected chi connectivity index (χ4v) is 2.00. The highest BCUT2D eigenvalue weighted by Gasteiger charge is 2.17. The Morgan fingerprint density at radius 3 is 2.60 bits per heavy atom. The second kappa shape index (κ2) is 7.14. The summed E-state index contributed by atoms with van der Waals surface area (Å²) in [7, 11) is 1.82. The number of carbonyl (C=O) groups excluding carboxylic acids is 1. The molecular formula is C13H20N4O2S. The van der Waals surface area contributed by atoms with Gasteiger partial charge < -0.3 is 15.4 Å². The third kappa shape index (κ3) is 3.86. The number of hydrogen-bond acceptors (Lipinski definition) is 6. The number of thiocarbonyl (C=S) groups is 1. The molecule has 0 aliphatic heterocycles. The summed E-state index contributed by atoms with van der Waals surface area (Å²) in [6.45, 7) is 6.38. The number of nitrogens with two attached hydrogens (primary N) is 1. The van der Waals surface area contributed by atoms with Gasteiger partial charge in [-0.05, 0) is 26.3 Å². The minimum Gasteiger partial charge on any atom is -0.466 e. The molecule has 0 aliphatic carbocycles. The summed E-state index contributed by atoms with van der Waals surface area (Å²) in [6.07, 6.45) is 0.274. The Morgan fingerprint density at radius 2 is 2.05 bits per heavy atom. The summed E-state index contributed by atoms with van der Waals surface area (Å²) >= 11 is 5.08. The number of ether oxygens (including phenoxy) is 1. The molecule has 0 fully saturated rings. The van der Waals surface area contributed by atoms with Gasteiger partial charge in [0.25, 0.3) is 0 Å². The Labute approximate surface area is 124 Å². The maximum atomic E-state index is 11.4. The van der Waals surface area contributed by atoms with E-state index in [2.05, 4.69) is 10.2 Å². The summed E-state index contributed by atoms with van der Waals surface area (Å²) in [5.41, 5.74) is 8.17. The van der Waals surface area contributed by atoms with E-state index in [4.69, 9.17) is 22.7 Å². The zero-order valence-electron chi connectivity index (χ0n) is 12.3. The van der Waals surface area contributed by atoms with E-state index in [1.165, 1.54) is 0 Å². The van der Waals surface area contributed by atoms with E-state index < -0.39 is 0 Å². The van der Waals surface area contributed by atoms with Crippen LogP contribution in [0.25, 0.3) is 0 Å². The molecule has 0 amide bonds. The number of nitrogens with zero attached hydrogens (tertiary/aromatic N) is 3. The molecule has 0 radical (unpaired) electrons. The van der Waals surface area contributed by atoms with Crippen LogP contribution in [-0.4, -0.2) is 41.4 Å². The van der Waals surface area contributed by atoms with Crippen molar-refractivity contribution < 1.29 is 9.53 Å². The molecule has 0 aliphatic rings. The molecule has 6 nitrogen and oxygen atoms in total. The average molecular weight is 296 g/mol. The van der Waals surface area contributed by atoms with Gasteiger partial charge in [-0.1, -0.05) is 12.2 Å². The first-order chi connectivity index (χ1) is 9.38. The van der Waals surface area contributed by atoms with Gasteiger partial charge in [0.1, 0.15) is 4.99 Å². The average Bonchev–Trinajstić information content (AvgIpc) is 2.38. The van der Waals surface area contributed by atoms with Crippen molar-refractivity contribution in [3.05, 3.63) is 16.8 Å². The van der Waals surface area contributed by atoms with Gasteiger partial charge in [-0.3, -0.25) is 4.79 Å². The van der Waals surface area contributed by atoms with Crippen LogP contribution < -0.4 is 10.6 Å². The monoisotopic (exact) mass is 296 g/mol. The topological polar surface area (TPSA) is 81.3 Å². The number of aromatic nitrogens is 2. The quantitative estimate of drug-likeness (QED) is 0.622. The molecule has 1 aromatic rings. The second-order valence-electron chi connectivity index (χ2n) is 4.45. The van der Waals surface area contributed by atoms with Gasteiger partial charge in [0.15, 0.2) is 5.82 Å². The van der Waals surface area contributed by atoms with Crippen LogP contribution in [0.3, 0.4) is 0 Å². The summed E-state index contributed by atoms with van der Waals surface area (Å²) in [4.78, 5) is 13.5. The Bertz CT molecular complexity index is 519. The van der Waals surface area contributed by atoms with Gasteiger partial charge in [-0.2, -0.15) is 5.10 Å². The SMILES string of the molecule is CCOC(=O)CCN(C)c1nnc(C)c(C)c1C(N)=S. The summed E-state index contributed by atoms with van der Waals surface area (Å²) in [6, 6.07) is 0. The molecule has 0 atom stereocenters. The van der Waals surface area contributed by atoms with Crippen molar-refractivity contribution in [3.8, 4) is 0 Å². The van der Waals surface area contributed by atoms with Gasteiger partial charge >= 0.3 is 5.97 Å². The van der Waals surface area contributed by atoms with E-state index in [9.17, 15) is 4.79 Å². The molecule has 7 heteroatoms. The lowest BCUT2D eigenvalue weighted by Gasteiger charge is -2.21. The standard InChI is InChI=1S/C13H20N4O2S/c1-5-19-10(18)6-7-17(4)13-11(12(14)20)8(2)9(3)15-16-13/h5-7H2,1-4H3,(H2,14,20). The van der Waals surface area contributed by atoms with E-state index in [1.54, 1.807) is 6.92 Å². The third-order valence-corrected chi connectivity index (χ3v) is 3.20. The predicted molar refractivity (Wildman–Crippen MR) is 81.9 cm³/mol. The van der Waals surface area contributed by atoms with Crippen molar-refractivity contribution in [1.82, 2.24) is 10.2 Å². The van der Waals surface area contributed by atoms with Crippen molar-refractivity contribution in [2.45, 2.75) is 27.2 Å². The van der Waals surface area contributed by atoms with Crippen molar-refractivity contribution in [2.75, 3.05) is 25.1 Å². The zero-order valence-corrected chi connectivity index (χ0v) is 13.1. The van der Waals surface area contributed by atoms with Crippen molar-refractivity contribution in [1.29, 1.82) is 0 Å². The highest BCUT2D eigenvalue weighted by molar-refractivity contribution is 7.80. The lowest BCUT2D eigenvalue weighted by molar-refractivity contribution is -0.142. The Balaban J connectivity index is 2.93. The van der Waals surface area contributed by atoms with Gasteiger partial charge in [0.05, 0.1) is 24.3 Å². The molecular weight excluding hydrogens is 276 g/mol. The first kappa shape index (κ1) is 16.3. The fourth-order valence-electron chi connectivity index (χ4n) is 1.76. The molecule has 0 unspecified atom stereocenters. The number of carbonyl (C=O) groups is 1. The van der Waals surface area contributed by atoms with Gasteiger partial charge in [-0.25, -0.2) is 0 Å². The minimum absolute atomic E-state index is 0.243. The first-order valence-corrected chi connectivity index (χ1v) is 6.79. The maximum Gasteiger partial charge on any atom is 0.307 e. The molecule has 0 saturated heterocycles. The highest BCUT2D eigenvalue weighted by Crippen LogP contribution is 2.21. The number of rotatable bonds is 6. The molecule has 1 heterocycles. The van der Waals surface area contributed by atoms with E-state index in [-0.39, 0.29) is 17.4 Å². The van der Waals surface area contributed by atoms with Gasteiger partial charge in [-0.15, -0.1) is 5.10 Å². The largest absolute Gasteiger partial charge is 0.466 e. The normalized spacial score (nSPS) is 10.2. The molecule has 20 heavy (non-hydrogen) atoms. The molecule has 2 N–H and O–H groups in total. The van der Waals surface area contributed by atoms with Crippen LogP contribution in [0.5, 0.6) is 0 Å². The van der Waals surface area contributed by atoms with E-state index in [0.717, 1.165) is 11.3 Å². The van der Waals surface area contributed by atoms with Crippen LogP contribution in [0, 0.1) is 13.8 Å². The van der Waals surface area contributed by atoms with Crippen LogP contribution in [0.1, 0.15) is 30.2 Å².